The molecule has 31 heavy (non-hydrogen) atoms. The van der Waals surface area contributed by atoms with Gasteiger partial charge in [-0.1, -0.05) is 0 Å². The van der Waals surface area contributed by atoms with Gasteiger partial charge in [-0.05, 0) is 49.9 Å². The summed E-state index contributed by atoms with van der Waals surface area (Å²) >= 11 is 0. The first-order valence-corrected chi connectivity index (χ1v) is 10.3. The van der Waals surface area contributed by atoms with E-state index in [0.717, 1.165) is 31.4 Å². The quantitative estimate of drug-likeness (QED) is 0.696. The van der Waals surface area contributed by atoms with E-state index in [0.29, 0.717) is 42.0 Å². The Kier molecular flexibility index (Phi) is 6.06. The van der Waals surface area contributed by atoms with Crippen LogP contribution in [0.3, 0.4) is 0 Å². The van der Waals surface area contributed by atoms with Crippen LogP contribution in [0.25, 0.3) is 11.3 Å². The molecule has 166 valence electrons. The van der Waals surface area contributed by atoms with Gasteiger partial charge < -0.3 is 25.2 Å². The number of amides is 1. The van der Waals surface area contributed by atoms with Crippen LogP contribution in [0.1, 0.15) is 31.2 Å². The minimum Gasteiger partial charge on any atom is -0.439 e. The van der Waals surface area contributed by atoms with Crippen molar-refractivity contribution in [3.63, 3.8) is 0 Å². The number of aliphatic hydroxyl groups is 1. The van der Waals surface area contributed by atoms with Crippen LogP contribution in [0.2, 0.25) is 0 Å². The molecule has 0 spiro atoms. The number of carbonyl (C=O) groups excluding carboxylic acids is 1. The van der Waals surface area contributed by atoms with Gasteiger partial charge in [0, 0.05) is 17.7 Å². The number of primary amides is 1. The summed E-state index contributed by atoms with van der Waals surface area (Å²) in [7, 11) is 0. The predicted octanol–water partition coefficient (Wildman–Crippen LogP) is 3.13. The standard InChI is InChI=1S/C22H25F2N3O4/c23-17-5-2-14(8-18(17)24)19-9-15(11-28)20(10-26-19)27-7-1-6-22(12-27,31-21(25)29)13-30-16-3-4-16/h2,5,8-10,16,28H,1,3-4,6-7,11-13H2,(H2,25,29). The Labute approximate surface area is 178 Å². The van der Waals surface area contributed by atoms with Crippen molar-refractivity contribution in [3.05, 3.63) is 47.7 Å². The number of benzene rings is 1. The van der Waals surface area contributed by atoms with Gasteiger partial charge in [0.2, 0.25) is 0 Å². The van der Waals surface area contributed by atoms with Gasteiger partial charge in [-0.2, -0.15) is 0 Å². The smallest absolute Gasteiger partial charge is 0.405 e. The second-order valence-electron chi connectivity index (χ2n) is 8.12. The lowest BCUT2D eigenvalue weighted by Crippen LogP contribution is -2.54. The summed E-state index contributed by atoms with van der Waals surface area (Å²) in [6.07, 6.45) is 4.29. The monoisotopic (exact) mass is 433 g/mol. The topological polar surface area (TPSA) is 97.9 Å². The molecule has 1 amide bonds. The molecule has 0 radical (unpaired) electrons. The fraction of sp³-hybridized carbons (Fsp3) is 0.455. The van der Waals surface area contributed by atoms with Gasteiger partial charge in [-0.3, -0.25) is 4.98 Å². The van der Waals surface area contributed by atoms with Crippen molar-refractivity contribution in [2.75, 3.05) is 24.6 Å². The highest BCUT2D eigenvalue weighted by Crippen LogP contribution is 2.34. The lowest BCUT2D eigenvalue weighted by atomic mass is 9.92. The molecule has 1 unspecified atom stereocenters. The van der Waals surface area contributed by atoms with Crippen LogP contribution in [0.15, 0.2) is 30.5 Å². The minimum absolute atomic E-state index is 0.203. The Morgan fingerprint density at radius 2 is 2.10 bits per heavy atom. The number of carbonyl (C=O) groups is 1. The van der Waals surface area contributed by atoms with Crippen LogP contribution < -0.4 is 10.6 Å². The van der Waals surface area contributed by atoms with E-state index in [2.05, 4.69) is 4.98 Å². The van der Waals surface area contributed by atoms with Gasteiger partial charge in [0.1, 0.15) is 0 Å². The third-order valence-electron chi connectivity index (χ3n) is 5.66. The molecule has 2 heterocycles. The molecule has 9 heteroatoms. The Morgan fingerprint density at radius 3 is 2.77 bits per heavy atom. The summed E-state index contributed by atoms with van der Waals surface area (Å²) in [6, 6.07) is 5.19. The number of ether oxygens (including phenoxy) is 2. The highest BCUT2D eigenvalue weighted by atomic mass is 19.2. The molecule has 1 aromatic heterocycles. The number of hydrogen-bond donors (Lipinski definition) is 2. The molecule has 1 aromatic carbocycles. The average Bonchev–Trinajstić information content (AvgIpc) is 3.58. The third-order valence-corrected chi connectivity index (χ3v) is 5.66. The molecule has 4 rings (SSSR count). The zero-order valence-electron chi connectivity index (χ0n) is 17.0. The summed E-state index contributed by atoms with van der Waals surface area (Å²) in [5, 5.41) is 9.96. The van der Waals surface area contributed by atoms with Crippen LogP contribution in [0.5, 0.6) is 0 Å². The van der Waals surface area contributed by atoms with Crippen LogP contribution >= 0.6 is 0 Å². The maximum atomic E-state index is 13.6. The van der Waals surface area contributed by atoms with Crippen LogP contribution in [0.4, 0.5) is 19.3 Å². The Morgan fingerprint density at radius 1 is 1.29 bits per heavy atom. The number of rotatable bonds is 7. The molecule has 1 saturated heterocycles. The fourth-order valence-electron chi connectivity index (χ4n) is 3.97. The molecule has 2 aliphatic rings. The number of piperidine rings is 1. The van der Waals surface area contributed by atoms with E-state index in [9.17, 15) is 18.7 Å². The summed E-state index contributed by atoms with van der Waals surface area (Å²) in [4.78, 5) is 17.9. The van der Waals surface area contributed by atoms with Gasteiger partial charge in [-0.15, -0.1) is 0 Å². The molecule has 1 aliphatic heterocycles. The number of hydrogen-bond acceptors (Lipinski definition) is 6. The molecular formula is C22H25F2N3O4. The van der Waals surface area contributed by atoms with Crippen molar-refractivity contribution in [3.8, 4) is 11.3 Å². The molecule has 7 nitrogen and oxygen atoms in total. The van der Waals surface area contributed by atoms with Gasteiger partial charge in [-0.25, -0.2) is 13.6 Å². The summed E-state index contributed by atoms with van der Waals surface area (Å²) in [6.45, 7) is 1.01. The van der Waals surface area contributed by atoms with Crippen molar-refractivity contribution < 1.29 is 28.2 Å². The second kappa shape index (κ2) is 8.76. The first kappa shape index (κ1) is 21.5. The van der Waals surface area contributed by atoms with E-state index in [1.165, 1.54) is 6.07 Å². The lowest BCUT2D eigenvalue weighted by molar-refractivity contribution is -0.0643. The molecule has 1 aliphatic carbocycles. The largest absolute Gasteiger partial charge is 0.439 e. The average molecular weight is 433 g/mol. The van der Waals surface area contributed by atoms with Crippen LogP contribution in [-0.4, -0.2) is 47.6 Å². The number of pyridine rings is 1. The number of halogens is 2. The van der Waals surface area contributed by atoms with Crippen molar-refractivity contribution in [2.45, 2.75) is 44.0 Å². The lowest BCUT2D eigenvalue weighted by Gasteiger charge is -2.43. The summed E-state index contributed by atoms with van der Waals surface area (Å²) < 4.78 is 38.2. The highest BCUT2D eigenvalue weighted by Gasteiger charge is 2.41. The van der Waals surface area contributed by atoms with Crippen LogP contribution in [0, 0.1) is 11.6 Å². The molecule has 1 atom stereocenters. The summed E-state index contributed by atoms with van der Waals surface area (Å²) in [5.74, 6) is -1.90. The molecular weight excluding hydrogens is 408 g/mol. The second-order valence-corrected chi connectivity index (χ2v) is 8.12. The van der Waals surface area contributed by atoms with E-state index in [-0.39, 0.29) is 19.3 Å². The number of nitrogens with two attached hydrogens (primary N) is 1. The number of nitrogens with zero attached hydrogens (tertiary/aromatic N) is 2. The molecule has 1 saturated carbocycles. The number of aromatic nitrogens is 1. The van der Waals surface area contributed by atoms with E-state index in [4.69, 9.17) is 15.2 Å². The molecule has 2 aromatic rings. The van der Waals surface area contributed by atoms with Crippen molar-refractivity contribution in [2.24, 2.45) is 5.73 Å². The molecule has 0 bridgehead atoms. The number of anilines is 1. The maximum absolute atomic E-state index is 13.6. The predicted molar refractivity (Wildman–Crippen MR) is 109 cm³/mol. The van der Waals surface area contributed by atoms with E-state index in [1.807, 2.05) is 4.90 Å². The van der Waals surface area contributed by atoms with Gasteiger partial charge >= 0.3 is 6.09 Å². The van der Waals surface area contributed by atoms with Crippen molar-refractivity contribution in [1.29, 1.82) is 0 Å². The SMILES string of the molecule is NC(=O)OC1(COC2CC2)CCCN(c2cnc(-c3ccc(F)c(F)c3)cc2CO)C1. The zero-order chi connectivity index (χ0) is 22.0. The highest BCUT2D eigenvalue weighted by molar-refractivity contribution is 5.66. The fourth-order valence-corrected chi connectivity index (χ4v) is 3.97. The first-order valence-electron chi connectivity index (χ1n) is 10.3. The third kappa shape index (κ3) is 4.94. The van der Waals surface area contributed by atoms with Crippen molar-refractivity contribution in [1.82, 2.24) is 4.98 Å². The van der Waals surface area contributed by atoms with Gasteiger partial charge in [0.25, 0.3) is 0 Å². The maximum Gasteiger partial charge on any atom is 0.405 e. The van der Waals surface area contributed by atoms with E-state index < -0.39 is 23.3 Å². The summed E-state index contributed by atoms with van der Waals surface area (Å²) in [5.41, 5.74) is 6.53. The first-order chi connectivity index (χ1) is 14.9. The van der Waals surface area contributed by atoms with Crippen LogP contribution in [-0.2, 0) is 16.1 Å². The minimum atomic E-state index is -0.964. The Hall–Kier alpha value is -2.78. The van der Waals surface area contributed by atoms with Crippen molar-refractivity contribution >= 4 is 11.8 Å². The van der Waals surface area contributed by atoms with Gasteiger partial charge in [0.15, 0.2) is 17.2 Å². The van der Waals surface area contributed by atoms with E-state index >= 15 is 0 Å². The zero-order valence-corrected chi connectivity index (χ0v) is 17.0. The number of aliphatic hydroxyl groups excluding tert-OH is 1. The normalized spacial score (nSPS) is 21.2. The molecule has 3 N–H and O–H groups in total. The Balaban J connectivity index is 1.59. The van der Waals surface area contributed by atoms with Gasteiger partial charge in [0.05, 0.1) is 43.4 Å². The van der Waals surface area contributed by atoms with E-state index in [1.54, 1.807) is 12.3 Å². The Bertz CT molecular complexity index is 970. The molecule has 2 fully saturated rings.